The molecule has 0 saturated carbocycles. The Morgan fingerprint density at radius 3 is 2.34 bits per heavy atom. The van der Waals surface area contributed by atoms with Crippen LogP contribution in [0, 0.1) is 6.92 Å². The van der Waals surface area contributed by atoms with E-state index in [1.54, 1.807) is 18.5 Å². The predicted octanol–water partition coefficient (Wildman–Crippen LogP) is 3.22. The predicted molar refractivity (Wildman–Crippen MR) is 120 cm³/mol. The summed E-state index contributed by atoms with van der Waals surface area (Å²) in [5.41, 5.74) is 4.24. The van der Waals surface area contributed by atoms with Gasteiger partial charge < -0.3 is 18.6 Å². The summed E-state index contributed by atoms with van der Waals surface area (Å²) in [6, 6.07) is 9.80. The quantitative estimate of drug-likeness (QED) is 0.355. The first-order valence-electron chi connectivity index (χ1n) is 10.3. The van der Waals surface area contributed by atoms with Crippen LogP contribution < -0.4 is 14.9 Å². The van der Waals surface area contributed by atoms with Crippen LogP contribution in [0.15, 0.2) is 45.8 Å². The van der Waals surface area contributed by atoms with Crippen molar-refractivity contribution in [3.8, 4) is 28.3 Å². The highest BCUT2D eigenvalue weighted by atomic mass is 16.5. The molecule has 8 heteroatoms. The standard InChI is InChI=1S/C24H26N3O5/c1-7-27-18(12-17-13-25(3)23(30-5)20(21(17)27)24(29)31-6)15-8-10-16(11-9-15)19-14(2)32-26(4)22(19)28/h8-13H,7H2,1-6H3/q+1. The number of hydrogen-bond donors (Lipinski definition) is 0. The van der Waals surface area contributed by atoms with Crippen LogP contribution in [0.5, 0.6) is 5.88 Å². The van der Waals surface area contributed by atoms with Gasteiger partial charge in [-0.05, 0) is 31.0 Å². The molecule has 3 aromatic heterocycles. The first kappa shape index (κ1) is 21.4. The van der Waals surface area contributed by atoms with Crippen molar-refractivity contribution in [1.29, 1.82) is 0 Å². The molecule has 4 rings (SSSR count). The number of ether oxygens (including phenoxy) is 2. The number of benzene rings is 1. The average Bonchev–Trinajstić information content (AvgIpc) is 3.27. The molecule has 166 valence electrons. The minimum Gasteiger partial charge on any atom is -0.465 e. The third kappa shape index (κ3) is 3.19. The summed E-state index contributed by atoms with van der Waals surface area (Å²) in [5.74, 6) is 0.560. The zero-order chi connectivity index (χ0) is 23.2. The summed E-state index contributed by atoms with van der Waals surface area (Å²) in [6.07, 6.45) is 1.93. The van der Waals surface area contributed by atoms with Crippen molar-refractivity contribution >= 4 is 16.9 Å². The van der Waals surface area contributed by atoms with Gasteiger partial charge in [-0.2, -0.15) is 9.31 Å². The number of hydrogen-bond acceptors (Lipinski definition) is 5. The van der Waals surface area contributed by atoms with Crippen molar-refractivity contribution < 1.29 is 23.4 Å². The second kappa shape index (κ2) is 8.03. The summed E-state index contributed by atoms with van der Waals surface area (Å²) < 4.78 is 21.1. The molecule has 0 unspecified atom stereocenters. The second-order valence-corrected chi connectivity index (χ2v) is 7.60. The van der Waals surface area contributed by atoms with E-state index in [1.165, 1.54) is 19.0 Å². The van der Waals surface area contributed by atoms with Gasteiger partial charge in [-0.1, -0.05) is 24.3 Å². The maximum Gasteiger partial charge on any atom is 0.384 e. The molecular formula is C24H26N3O5+. The molecule has 4 aromatic rings. The van der Waals surface area contributed by atoms with E-state index in [0.29, 0.717) is 29.3 Å². The fraction of sp³-hybridized carbons (Fsp3) is 0.292. The van der Waals surface area contributed by atoms with Crippen LogP contribution in [-0.2, 0) is 25.4 Å². The summed E-state index contributed by atoms with van der Waals surface area (Å²) in [6.45, 7) is 4.44. The van der Waals surface area contributed by atoms with Gasteiger partial charge in [-0.25, -0.2) is 4.79 Å². The van der Waals surface area contributed by atoms with Gasteiger partial charge in [0.1, 0.15) is 12.8 Å². The van der Waals surface area contributed by atoms with Gasteiger partial charge in [-0.15, -0.1) is 0 Å². The summed E-state index contributed by atoms with van der Waals surface area (Å²) in [4.78, 5) is 25.1. The van der Waals surface area contributed by atoms with Gasteiger partial charge in [0, 0.05) is 19.3 Å². The van der Waals surface area contributed by atoms with E-state index in [0.717, 1.165) is 27.7 Å². The number of aromatic nitrogens is 3. The normalized spacial score (nSPS) is 11.2. The van der Waals surface area contributed by atoms with E-state index >= 15 is 0 Å². The molecular weight excluding hydrogens is 410 g/mol. The fourth-order valence-electron chi connectivity index (χ4n) is 4.33. The molecule has 3 heterocycles. The largest absolute Gasteiger partial charge is 0.465 e. The second-order valence-electron chi connectivity index (χ2n) is 7.60. The number of carbonyl (C=O) groups excluding carboxylic acids is 1. The minimum atomic E-state index is -0.455. The first-order valence-corrected chi connectivity index (χ1v) is 10.3. The third-order valence-corrected chi connectivity index (χ3v) is 5.72. The Morgan fingerprint density at radius 1 is 1.16 bits per heavy atom. The summed E-state index contributed by atoms with van der Waals surface area (Å²) >= 11 is 0. The monoisotopic (exact) mass is 436 g/mol. The number of esters is 1. The van der Waals surface area contributed by atoms with Crippen LogP contribution in [0.3, 0.4) is 0 Å². The SMILES string of the molecule is CCn1c(-c2ccc(-c3c(C)on(C)c3=O)cc2)cc2c[n+](C)c(OC)c(C(=O)OC)c21. The highest BCUT2D eigenvalue weighted by Crippen LogP contribution is 2.34. The van der Waals surface area contributed by atoms with E-state index < -0.39 is 5.97 Å². The lowest BCUT2D eigenvalue weighted by Gasteiger charge is -2.11. The Kier molecular flexibility index (Phi) is 5.38. The molecule has 0 spiro atoms. The molecule has 0 saturated heterocycles. The van der Waals surface area contributed by atoms with Crippen molar-refractivity contribution in [3.63, 3.8) is 0 Å². The number of carbonyl (C=O) groups is 1. The van der Waals surface area contributed by atoms with E-state index in [2.05, 4.69) is 4.57 Å². The van der Waals surface area contributed by atoms with E-state index in [1.807, 2.05) is 50.5 Å². The van der Waals surface area contributed by atoms with Crippen LogP contribution in [0.2, 0.25) is 0 Å². The van der Waals surface area contributed by atoms with Gasteiger partial charge >= 0.3 is 11.8 Å². The van der Waals surface area contributed by atoms with Crippen molar-refractivity contribution in [1.82, 2.24) is 9.31 Å². The Hall–Kier alpha value is -3.81. The van der Waals surface area contributed by atoms with Gasteiger partial charge in [0.05, 0.1) is 30.7 Å². The zero-order valence-electron chi connectivity index (χ0n) is 19.1. The summed E-state index contributed by atoms with van der Waals surface area (Å²) in [5, 5.41) is 0.897. The molecule has 0 fully saturated rings. The van der Waals surface area contributed by atoms with Gasteiger partial charge in [0.2, 0.25) is 0 Å². The number of nitrogens with zero attached hydrogens (tertiary/aromatic N) is 3. The lowest BCUT2D eigenvalue weighted by molar-refractivity contribution is -0.675. The van der Waals surface area contributed by atoms with E-state index in [-0.39, 0.29) is 5.56 Å². The number of rotatable bonds is 5. The third-order valence-electron chi connectivity index (χ3n) is 5.72. The van der Waals surface area contributed by atoms with Crippen LogP contribution in [-0.4, -0.2) is 29.5 Å². The number of aryl methyl sites for hydroxylation is 4. The molecule has 0 aliphatic heterocycles. The number of pyridine rings is 1. The van der Waals surface area contributed by atoms with E-state index in [9.17, 15) is 9.59 Å². The molecule has 32 heavy (non-hydrogen) atoms. The fourth-order valence-corrected chi connectivity index (χ4v) is 4.33. The number of fused-ring (bicyclic) bond motifs is 1. The smallest absolute Gasteiger partial charge is 0.384 e. The number of methoxy groups -OCH3 is 2. The highest BCUT2D eigenvalue weighted by Gasteiger charge is 2.29. The highest BCUT2D eigenvalue weighted by molar-refractivity contribution is 6.05. The lowest BCUT2D eigenvalue weighted by atomic mass is 10.0. The van der Waals surface area contributed by atoms with Crippen LogP contribution in [0.1, 0.15) is 23.0 Å². The first-order chi connectivity index (χ1) is 15.3. The summed E-state index contributed by atoms with van der Waals surface area (Å²) in [7, 11) is 6.33. The molecule has 0 aliphatic rings. The zero-order valence-corrected chi connectivity index (χ0v) is 19.1. The molecule has 0 N–H and O–H groups in total. The molecule has 0 atom stereocenters. The topological polar surface area (TPSA) is 79.5 Å². The van der Waals surface area contributed by atoms with Crippen LogP contribution in [0.4, 0.5) is 0 Å². The van der Waals surface area contributed by atoms with Crippen molar-refractivity contribution in [2.75, 3.05) is 14.2 Å². The lowest BCUT2D eigenvalue weighted by Crippen LogP contribution is -2.32. The van der Waals surface area contributed by atoms with Gasteiger partial charge in [0.25, 0.3) is 5.56 Å². The molecule has 0 aliphatic carbocycles. The maximum atomic E-state index is 12.7. The maximum absolute atomic E-state index is 12.7. The van der Waals surface area contributed by atoms with Crippen molar-refractivity contribution in [3.05, 3.63) is 58.2 Å². The Balaban J connectivity index is 1.92. The van der Waals surface area contributed by atoms with Crippen LogP contribution in [0.25, 0.3) is 33.3 Å². The molecule has 0 radical (unpaired) electrons. The van der Waals surface area contributed by atoms with Crippen molar-refractivity contribution in [2.45, 2.75) is 20.4 Å². The minimum absolute atomic E-state index is 0.166. The molecule has 8 nitrogen and oxygen atoms in total. The Bertz CT molecular complexity index is 1390. The molecule has 0 amide bonds. The van der Waals surface area contributed by atoms with E-state index in [4.69, 9.17) is 14.0 Å². The molecule has 0 bridgehead atoms. The van der Waals surface area contributed by atoms with Gasteiger partial charge in [0.15, 0.2) is 11.8 Å². The Morgan fingerprint density at radius 2 is 1.81 bits per heavy atom. The van der Waals surface area contributed by atoms with Gasteiger partial charge in [-0.3, -0.25) is 4.79 Å². The average molecular weight is 436 g/mol. The van der Waals surface area contributed by atoms with Crippen LogP contribution >= 0.6 is 0 Å². The Labute approximate surface area is 185 Å². The van der Waals surface area contributed by atoms with Crippen molar-refractivity contribution in [2.24, 2.45) is 14.1 Å². The molecule has 1 aromatic carbocycles.